The number of nitrogens with two attached hydrogens (primary N) is 1. The summed E-state index contributed by atoms with van der Waals surface area (Å²) in [5.41, 5.74) is 4.83. The summed E-state index contributed by atoms with van der Waals surface area (Å²) < 4.78 is 4.55. The van der Waals surface area contributed by atoms with Gasteiger partial charge in [-0.05, 0) is 6.42 Å². The van der Waals surface area contributed by atoms with E-state index in [1.807, 2.05) is 0 Å². The maximum absolute atomic E-state index is 10.2. The van der Waals surface area contributed by atoms with E-state index in [0.717, 1.165) is 0 Å². The van der Waals surface area contributed by atoms with E-state index in [4.69, 9.17) is 5.73 Å². The van der Waals surface area contributed by atoms with Gasteiger partial charge in [-0.15, -0.1) is 0 Å². The van der Waals surface area contributed by atoms with Gasteiger partial charge in [0.1, 0.15) is 0 Å². The number of primary amides is 1. The van der Waals surface area contributed by atoms with Gasteiger partial charge in [-0.1, -0.05) is 0 Å². The van der Waals surface area contributed by atoms with Crippen LogP contribution in [0.1, 0.15) is 19.8 Å². The molecule has 1 amide bonds. The van der Waals surface area contributed by atoms with Crippen LogP contribution in [-0.4, -0.2) is 18.5 Å². The molecule has 0 atom stereocenters. The number of carbonyl (C=O) groups excluding carboxylic acids is 2. The number of ether oxygens (including phenoxy) is 1. The standard InChI is InChI=1S/C6H11NO3/c1-5(8)10-4-2-3-6(7)9/h2-4H2,1H3,(H2,7,9). The molecule has 10 heavy (non-hydrogen) atoms. The number of hydrogen-bond donors (Lipinski definition) is 1. The lowest BCUT2D eigenvalue weighted by atomic mass is 10.3. The quantitative estimate of drug-likeness (QED) is 0.440. The van der Waals surface area contributed by atoms with Crippen molar-refractivity contribution in [3.05, 3.63) is 0 Å². The smallest absolute Gasteiger partial charge is 0.302 e. The zero-order chi connectivity index (χ0) is 7.98. The average molecular weight is 145 g/mol. The van der Waals surface area contributed by atoms with Crippen LogP contribution >= 0.6 is 0 Å². The second-order valence-corrected chi connectivity index (χ2v) is 1.91. The molecule has 0 heterocycles. The molecule has 0 unspecified atom stereocenters. The Hall–Kier alpha value is -1.06. The SMILES string of the molecule is CC(=O)OCCCC(N)=O. The first-order valence-corrected chi connectivity index (χ1v) is 3.04. The first-order valence-electron chi connectivity index (χ1n) is 3.04. The van der Waals surface area contributed by atoms with Crippen LogP contribution in [-0.2, 0) is 14.3 Å². The summed E-state index contributed by atoms with van der Waals surface area (Å²) >= 11 is 0. The lowest BCUT2D eigenvalue weighted by molar-refractivity contribution is -0.141. The summed E-state index contributed by atoms with van der Waals surface area (Å²) in [5.74, 6) is -0.698. The molecular weight excluding hydrogens is 134 g/mol. The summed E-state index contributed by atoms with van der Waals surface area (Å²) in [6, 6.07) is 0. The van der Waals surface area contributed by atoms with Gasteiger partial charge in [0.2, 0.25) is 5.91 Å². The topological polar surface area (TPSA) is 69.4 Å². The monoisotopic (exact) mass is 145 g/mol. The molecule has 58 valence electrons. The van der Waals surface area contributed by atoms with E-state index >= 15 is 0 Å². The van der Waals surface area contributed by atoms with Crippen LogP contribution in [0.4, 0.5) is 0 Å². The number of hydrogen-bond acceptors (Lipinski definition) is 3. The van der Waals surface area contributed by atoms with Crippen LogP contribution < -0.4 is 5.73 Å². The van der Waals surface area contributed by atoms with Crippen molar-refractivity contribution >= 4 is 11.9 Å². The molecule has 0 radical (unpaired) electrons. The third-order valence-corrected chi connectivity index (χ3v) is 0.873. The van der Waals surface area contributed by atoms with Crippen LogP contribution in [0.5, 0.6) is 0 Å². The van der Waals surface area contributed by atoms with Crippen molar-refractivity contribution in [3.8, 4) is 0 Å². The molecule has 0 aliphatic heterocycles. The molecule has 0 spiro atoms. The van der Waals surface area contributed by atoms with Gasteiger partial charge in [-0.2, -0.15) is 0 Å². The zero-order valence-electron chi connectivity index (χ0n) is 5.92. The fraction of sp³-hybridized carbons (Fsp3) is 0.667. The van der Waals surface area contributed by atoms with E-state index in [2.05, 4.69) is 4.74 Å². The van der Waals surface area contributed by atoms with Gasteiger partial charge in [-0.3, -0.25) is 9.59 Å². The Kier molecular flexibility index (Phi) is 4.28. The average Bonchev–Trinajstić information content (AvgIpc) is 1.79. The fourth-order valence-corrected chi connectivity index (χ4v) is 0.462. The molecule has 0 bridgehead atoms. The lowest BCUT2D eigenvalue weighted by Crippen LogP contribution is -2.11. The molecule has 4 nitrogen and oxygen atoms in total. The van der Waals surface area contributed by atoms with E-state index in [9.17, 15) is 9.59 Å². The van der Waals surface area contributed by atoms with Gasteiger partial charge < -0.3 is 10.5 Å². The van der Waals surface area contributed by atoms with E-state index in [0.29, 0.717) is 6.42 Å². The summed E-state index contributed by atoms with van der Waals surface area (Å²) in [4.78, 5) is 20.3. The van der Waals surface area contributed by atoms with Gasteiger partial charge >= 0.3 is 5.97 Å². The maximum atomic E-state index is 10.2. The molecule has 2 N–H and O–H groups in total. The summed E-state index contributed by atoms with van der Waals surface area (Å²) in [7, 11) is 0. The molecule has 0 aromatic heterocycles. The number of rotatable bonds is 4. The molecular formula is C6H11NO3. The second kappa shape index (κ2) is 4.78. The maximum Gasteiger partial charge on any atom is 0.302 e. The minimum absolute atomic E-state index is 0.271. The summed E-state index contributed by atoms with van der Waals surface area (Å²) in [6.45, 7) is 1.60. The third kappa shape index (κ3) is 6.94. The fourth-order valence-electron chi connectivity index (χ4n) is 0.462. The molecule has 0 saturated carbocycles. The van der Waals surface area contributed by atoms with E-state index in [1.54, 1.807) is 0 Å². The Balaban J connectivity index is 3.06. The van der Waals surface area contributed by atoms with Crippen molar-refractivity contribution in [3.63, 3.8) is 0 Å². The molecule has 0 fully saturated rings. The third-order valence-electron chi connectivity index (χ3n) is 0.873. The molecule has 0 aromatic rings. The molecule has 4 heteroatoms. The van der Waals surface area contributed by atoms with Gasteiger partial charge in [0.15, 0.2) is 0 Å². The predicted molar refractivity (Wildman–Crippen MR) is 35.1 cm³/mol. The highest BCUT2D eigenvalue weighted by Crippen LogP contribution is 1.88. The van der Waals surface area contributed by atoms with Crippen molar-refractivity contribution in [1.29, 1.82) is 0 Å². The molecule has 0 aliphatic carbocycles. The first kappa shape index (κ1) is 8.94. The van der Waals surface area contributed by atoms with E-state index in [-0.39, 0.29) is 24.9 Å². The Morgan fingerprint density at radius 3 is 2.50 bits per heavy atom. The van der Waals surface area contributed by atoms with Crippen LogP contribution in [0.15, 0.2) is 0 Å². The largest absolute Gasteiger partial charge is 0.466 e. The Bertz CT molecular complexity index is 117. The van der Waals surface area contributed by atoms with Crippen molar-refractivity contribution in [2.75, 3.05) is 6.61 Å². The normalized spacial score (nSPS) is 8.90. The minimum atomic E-state index is -0.368. The Morgan fingerprint density at radius 2 is 2.10 bits per heavy atom. The lowest BCUT2D eigenvalue weighted by Gasteiger charge is -1.97. The molecule has 0 aliphatic rings. The number of carbonyl (C=O) groups is 2. The van der Waals surface area contributed by atoms with E-state index in [1.165, 1.54) is 6.92 Å². The molecule has 0 rings (SSSR count). The van der Waals surface area contributed by atoms with Crippen molar-refractivity contribution in [2.45, 2.75) is 19.8 Å². The molecule has 0 saturated heterocycles. The van der Waals surface area contributed by atoms with Crippen LogP contribution in [0.25, 0.3) is 0 Å². The van der Waals surface area contributed by atoms with Crippen molar-refractivity contribution < 1.29 is 14.3 Å². The zero-order valence-corrected chi connectivity index (χ0v) is 5.92. The van der Waals surface area contributed by atoms with Gasteiger partial charge in [-0.25, -0.2) is 0 Å². The Morgan fingerprint density at radius 1 is 1.50 bits per heavy atom. The summed E-state index contributed by atoms with van der Waals surface area (Å²) in [6.07, 6.45) is 0.780. The minimum Gasteiger partial charge on any atom is -0.466 e. The van der Waals surface area contributed by atoms with Crippen molar-refractivity contribution in [1.82, 2.24) is 0 Å². The highest BCUT2D eigenvalue weighted by atomic mass is 16.5. The van der Waals surface area contributed by atoms with Gasteiger partial charge in [0, 0.05) is 13.3 Å². The summed E-state index contributed by atoms with van der Waals surface area (Å²) in [5, 5.41) is 0. The van der Waals surface area contributed by atoms with Gasteiger partial charge in [0.05, 0.1) is 6.61 Å². The van der Waals surface area contributed by atoms with Crippen LogP contribution in [0, 0.1) is 0 Å². The second-order valence-electron chi connectivity index (χ2n) is 1.91. The first-order chi connectivity index (χ1) is 4.63. The molecule has 0 aromatic carbocycles. The number of amides is 1. The predicted octanol–water partition coefficient (Wildman–Crippen LogP) is -0.185. The van der Waals surface area contributed by atoms with E-state index < -0.39 is 0 Å². The Labute approximate surface area is 59.3 Å². The van der Waals surface area contributed by atoms with Gasteiger partial charge in [0.25, 0.3) is 0 Å². The highest BCUT2D eigenvalue weighted by Gasteiger charge is 1.95. The van der Waals surface area contributed by atoms with Crippen molar-refractivity contribution in [2.24, 2.45) is 5.73 Å². The van der Waals surface area contributed by atoms with Crippen LogP contribution in [0.3, 0.4) is 0 Å². The highest BCUT2D eigenvalue weighted by molar-refractivity contribution is 5.73. The van der Waals surface area contributed by atoms with Crippen LogP contribution in [0.2, 0.25) is 0 Å². The number of esters is 1.